The molecule has 0 spiro atoms. The summed E-state index contributed by atoms with van der Waals surface area (Å²) in [5.41, 5.74) is 11.0. The van der Waals surface area contributed by atoms with Gasteiger partial charge in [0.25, 0.3) is 5.91 Å². The van der Waals surface area contributed by atoms with Gasteiger partial charge in [0.15, 0.2) is 0 Å². The Morgan fingerprint density at radius 2 is 1.87 bits per heavy atom. The number of ether oxygens (including phenoxy) is 1. The average molecular weight is 494 g/mol. The first-order valence-electron chi connectivity index (χ1n) is 10.2. The van der Waals surface area contributed by atoms with Crippen molar-refractivity contribution in [3.8, 4) is 0 Å². The number of halogens is 1. The fraction of sp³-hybridized carbons (Fsp3) is 0.500. The van der Waals surface area contributed by atoms with E-state index in [9.17, 15) is 14.4 Å². The number of hydrogen-bond donors (Lipinski definition) is 3. The van der Waals surface area contributed by atoms with E-state index in [0.29, 0.717) is 42.3 Å². The minimum Gasteiger partial charge on any atom is -0.449 e. The highest BCUT2D eigenvalue weighted by Crippen LogP contribution is 2.51. The Labute approximate surface area is 189 Å². The van der Waals surface area contributed by atoms with Gasteiger partial charge >= 0.3 is 6.09 Å². The molecule has 1 aliphatic carbocycles. The number of anilines is 1. The number of rotatable bonds is 5. The molecule has 31 heavy (non-hydrogen) atoms. The number of carbonyl (C=O) groups excluding carboxylic acids is 3. The molecule has 0 atom stereocenters. The SMILES string of the molecule is CC(C)(C)C1(COC(N)=O)CCC(C(=O)Nc2c(C(N)=O)oc3ccc(Br)cc23)CC1. The van der Waals surface area contributed by atoms with Crippen molar-refractivity contribution in [1.82, 2.24) is 0 Å². The molecule has 1 aromatic carbocycles. The van der Waals surface area contributed by atoms with Gasteiger partial charge in [-0.25, -0.2) is 4.79 Å². The second kappa shape index (κ2) is 8.53. The number of fused-ring (bicyclic) bond motifs is 1. The zero-order chi connectivity index (χ0) is 23.0. The average Bonchev–Trinajstić information content (AvgIpc) is 3.03. The molecule has 5 N–H and O–H groups in total. The summed E-state index contributed by atoms with van der Waals surface area (Å²) in [6.07, 6.45) is 1.87. The Balaban J connectivity index is 1.79. The molecule has 8 nitrogen and oxygen atoms in total. The first kappa shape index (κ1) is 23.1. The highest BCUT2D eigenvalue weighted by Gasteiger charge is 2.46. The summed E-state index contributed by atoms with van der Waals surface area (Å²) in [7, 11) is 0. The Kier molecular flexibility index (Phi) is 6.36. The minimum absolute atomic E-state index is 0.0730. The maximum absolute atomic E-state index is 13.1. The topological polar surface area (TPSA) is 138 Å². The molecular formula is C22H28BrN3O5. The number of nitrogens with one attached hydrogen (secondary N) is 1. The van der Waals surface area contributed by atoms with Crippen molar-refractivity contribution in [2.45, 2.75) is 46.5 Å². The highest BCUT2D eigenvalue weighted by molar-refractivity contribution is 9.10. The molecule has 3 rings (SSSR count). The van der Waals surface area contributed by atoms with E-state index in [1.54, 1.807) is 18.2 Å². The summed E-state index contributed by atoms with van der Waals surface area (Å²) in [6, 6.07) is 5.26. The van der Waals surface area contributed by atoms with E-state index in [2.05, 4.69) is 42.0 Å². The molecule has 2 aromatic rings. The van der Waals surface area contributed by atoms with Crippen LogP contribution < -0.4 is 16.8 Å². The number of carbonyl (C=O) groups is 3. The Morgan fingerprint density at radius 3 is 2.42 bits per heavy atom. The van der Waals surface area contributed by atoms with Crippen molar-refractivity contribution in [1.29, 1.82) is 0 Å². The summed E-state index contributed by atoms with van der Waals surface area (Å²) >= 11 is 3.40. The molecule has 1 aromatic heterocycles. The number of benzene rings is 1. The van der Waals surface area contributed by atoms with Crippen LogP contribution in [0.15, 0.2) is 27.1 Å². The van der Waals surface area contributed by atoms with Crippen LogP contribution in [0.4, 0.5) is 10.5 Å². The van der Waals surface area contributed by atoms with Gasteiger partial charge in [-0.15, -0.1) is 0 Å². The molecule has 0 unspecified atom stereocenters. The summed E-state index contributed by atoms with van der Waals surface area (Å²) < 4.78 is 11.5. The van der Waals surface area contributed by atoms with E-state index in [1.807, 2.05) is 0 Å². The van der Waals surface area contributed by atoms with Crippen molar-refractivity contribution in [2.24, 2.45) is 28.2 Å². The van der Waals surface area contributed by atoms with Crippen molar-refractivity contribution >= 4 is 50.5 Å². The predicted molar refractivity (Wildman–Crippen MR) is 120 cm³/mol. The molecule has 0 aliphatic heterocycles. The van der Waals surface area contributed by atoms with Crippen molar-refractivity contribution in [2.75, 3.05) is 11.9 Å². The van der Waals surface area contributed by atoms with Crippen molar-refractivity contribution in [3.63, 3.8) is 0 Å². The third kappa shape index (κ3) is 4.71. The highest BCUT2D eigenvalue weighted by atomic mass is 79.9. The first-order valence-corrected chi connectivity index (χ1v) is 11.0. The van der Waals surface area contributed by atoms with Crippen LogP contribution in [0.3, 0.4) is 0 Å². The van der Waals surface area contributed by atoms with Crippen LogP contribution in [0, 0.1) is 16.7 Å². The van der Waals surface area contributed by atoms with E-state index in [1.165, 1.54) is 0 Å². The summed E-state index contributed by atoms with van der Waals surface area (Å²) in [6.45, 7) is 6.54. The molecule has 1 aliphatic rings. The summed E-state index contributed by atoms with van der Waals surface area (Å²) in [5.74, 6) is -1.26. The number of furan rings is 1. The number of nitrogens with two attached hydrogens (primary N) is 2. The fourth-order valence-corrected chi connectivity index (χ4v) is 4.71. The van der Waals surface area contributed by atoms with E-state index in [4.69, 9.17) is 20.6 Å². The maximum atomic E-state index is 13.1. The van der Waals surface area contributed by atoms with Crippen LogP contribution in [0.25, 0.3) is 11.0 Å². The van der Waals surface area contributed by atoms with Crippen LogP contribution in [-0.4, -0.2) is 24.5 Å². The third-order valence-corrected chi connectivity index (χ3v) is 7.01. The minimum atomic E-state index is -0.791. The second-order valence-electron chi connectivity index (χ2n) is 9.21. The van der Waals surface area contributed by atoms with Gasteiger partial charge in [0, 0.05) is 21.2 Å². The lowest BCUT2D eigenvalue weighted by Crippen LogP contribution is -2.45. The molecule has 0 bridgehead atoms. The van der Waals surface area contributed by atoms with Crippen LogP contribution in [-0.2, 0) is 9.53 Å². The van der Waals surface area contributed by atoms with Gasteiger partial charge in [0.05, 0.1) is 6.61 Å². The smallest absolute Gasteiger partial charge is 0.404 e. The predicted octanol–water partition coefficient (Wildman–Crippen LogP) is 4.55. The van der Waals surface area contributed by atoms with Crippen LogP contribution in [0.1, 0.15) is 57.0 Å². The van der Waals surface area contributed by atoms with E-state index < -0.39 is 12.0 Å². The monoisotopic (exact) mass is 493 g/mol. The molecule has 1 saturated carbocycles. The van der Waals surface area contributed by atoms with Crippen LogP contribution in [0.2, 0.25) is 0 Å². The van der Waals surface area contributed by atoms with Crippen LogP contribution in [0.5, 0.6) is 0 Å². The third-order valence-electron chi connectivity index (χ3n) is 6.52. The Morgan fingerprint density at radius 1 is 1.23 bits per heavy atom. The number of primary amides is 2. The molecule has 9 heteroatoms. The van der Waals surface area contributed by atoms with E-state index >= 15 is 0 Å². The lowest BCUT2D eigenvalue weighted by atomic mass is 9.58. The summed E-state index contributed by atoms with van der Waals surface area (Å²) in [5, 5.41) is 3.47. The van der Waals surface area contributed by atoms with Gasteiger partial charge < -0.3 is 25.9 Å². The van der Waals surface area contributed by atoms with Crippen LogP contribution >= 0.6 is 15.9 Å². The largest absolute Gasteiger partial charge is 0.449 e. The quantitative estimate of drug-likeness (QED) is 0.560. The van der Waals surface area contributed by atoms with Gasteiger partial charge in [-0.1, -0.05) is 36.7 Å². The van der Waals surface area contributed by atoms with Gasteiger partial charge in [-0.05, 0) is 49.3 Å². The lowest BCUT2D eigenvalue weighted by Gasteiger charge is -2.48. The van der Waals surface area contributed by atoms with Crippen molar-refractivity contribution < 1.29 is 23.5 Å². The maximum Gasteiger partial charge on any atom is 0.404 e. The molecule has 1 fully saturated rings. The Hall–Kier alpha value is -2.55. The van der Waals surface area contributed by atoms with E-state index in [0.717, 1.165) is 4.47 Å². The van der Waals surface area contributed by atoms with Gasteiger partial charge in [-0.2, -0.15) is 0 Å². The Bertz CT molecular complexity index is 1020. The molecule has 3 amide bonds. The molecule has 0 saturated heterocycles. The fourth-order valence-electron chi connectivity index (χ4n) is 4.35. The normalized spacial score (nSPS) is 21.6. The molecular weight excluding hydrogens is 466 g/mol. The van der Waals surface area contributed by atoms with Gasteiger partial charge in [0.1, 0.15) is 11.3 Å². The molecule has 168 valence electrons. The standard InChI is InChI=1S/C22H28BrN3O5/c1-21(2,3)22(11-30-20(25)29)8-6-12(7-9-22)19(28)26-16-14-10-13(23)4-5-15(14)31-17(16)18(24)27/h4-5,10,12H,6-9,11H2,1-3H3,(H2,24,27)(H2,25,29)(H,26,28). The number of hydrogen-bond acceptors (Lipinski definition) is 5. The van der Waals surface area contributed by atoms with E-state index in [-0.39, 0.29) is 35.0 Å². The van der Waals surface area contributed by atoms with Gasteiger partial charge in [0.2, 0.25) is 11.7 Å². The molecule has 0 radical (unpaired) electrons. The van der Waals surface area contributed by atoms with Crippen molar-refractivity contribution in [3.05, 3.63) is 28.4 Å². The molecule has 1 heterocycles. The zero-order valence-electron chi connectivity index (χ0n) is 17.9. The number of amides is 3. The second-order valence-corrected chi connectivity index (χ2v) is 10.1. The zero-order valence-corrected chi connectivity index (χ0v) is 19.5. The van der Waals surface area contributed by atoms with Gasteiger partial charge in [-0.3, -0.25) is 9.59 Å². The first-order chi connectivity index (χ1) is 14.4. The summed E-state index contributed by atoms with van der Waals surface area (Å²) in [4.78, 5) is 36.1. The lowest BCUT2D eigenvalue weighted by molar-refractivity contribution is -0.123.